The quantitative estimate of drug-likeness (QED) is 0.258. The topological polar surface area (TPSA) is 103 Å². The van der Waals surface area contributed by atoms with Crippen LogP contribution in [0.15, 0.2) is 12.1 Å². The van der Waals surface area contributed by atoms with Crippen molar-refractivity contribution >= 4 is 17.8 Å². The maximum Gasteiger partial charge on any atom is 0.395 e. The van der Waals surface area contributed by atoms with Crippen molar-refractivity contribution < 1.29 is 46.2 Å². The molecule has 2 bridgehead atoms. The highest BCUT2D eigenvalue weighted by atomic mass is 19.4. The molecule has 4 atom stereocenters. The first-order valence-electron chi connectivity index (χ1n) is 15.3. The van der Waals surface area contributed by atoms with E-state index >= 15 is 4.39 Å². The number of rotatable bonds is 9. The first-order chi connectivity index (χ1) is 20.4. The van der Waals surface area contributed by atoms with Gasteiger partial charge in [-0.25, -0.2) is 4.39 Å². The number of hydrogen-bond acceptors (Lipinski definition) is 6. The number of carbonyl (C=O) groups excluding carboxylic acids is 3. The average molecular weight is 629 g/mol. The molecule has 246 valence electrons. The number of amides is 2. The Morgan fingerprint density at radius 1 is 0.909 bits per heavy atom. The van der Waals surface area contributed by atoms with Gasteiger partial charge < -0.3 is 24.8 Å². The molecule has 0 spiro atoms. The third kappa shape index (κ3) is 7.59. The van der Waals surface area contributed by atoms with Gasteiger partial charge in [-0.15, -0.1) is 0 Å². The van der Waals surface area contributed by atoms with E-state index in [2.05, 4.69) is 10.6 Å². The minimum Gasteiger partial charge on any atom is -0.496 e. The number of ether oxygens (including phenoxy) is 3. The summed E-state index contributed by atoms with van der Waals surface area (Å²) in [7, 11) is 1.31. The summed E-state index contributed by atoms with van der Waals surface area (Å²) in [5.74, 6) is -3.22. The lowest BCUT2D eigenvalue weighted by Crippen LogP contribution is -2.52. The fraction of sp³-hybridized carbons (Fsp3) is 0.719. The minimum absolute atomic E-state index is 0.00218. The number of halogens is 4. The van der Waals surface area contributed by atoms with E-state index in [4.69, 9.17) is 14.2 Å². The van der Waals surface area contributed by atoms with Gasteiger partial charge in [0.25, 0.3) is 5.91 Å². The highest BCUT2D eigenvalue weighted by molar-refractivity contribution is 5.98. The van der Waals surface area contributed by atoms with Gasteiger partial charge in [-0.3, -0.25) is 14.4 Å². The van der Waals surface area contributed by atoms with Gasteiger partial charge >= 0.3 is 12.1 Å². The molecule has 0 aromatic heterocycles. The van der Waals surface area contributed by atoms with Gasteiger partial charge in [-0.2, -0.15) is 13.2 Å². The number of carbonyl (C=O) groups is 3. The second kappa shape index (κ2) is 12.7. The lowest BCUT2D eigenvalue weighted by Gasteiger charge is -2.33. The maximum atomic E-state index is 15.0. The van der Waals surface area contributed by atoms with Crippen LogP contribution in [0, 0.1) is 34.9 Å². The Morgan fingerprint density at radius 3 is 2.14 bits per heavy atom. The molecule has 1 aromatic carbocycles. The number of methoxy groups -OCH3 is 1. The van der Waals surface area contributed by atoms with E-state index in [-0.39, 0.29) is 46.9 Å². The summed E-state index contributed by atoms with van der Waals surface area (Å²) in [5.41, 5.74) is -2.67. The fourth-order valence-corrected chi connectivity index (χ4v) is 6.58. The van der Waals surface area contributed by atoms with E-state index in [0.29, 0.717) is 32.1 Å². The third-order valence-corrected chi connectivity index (χ3v) is 9.20. The normalized spacial score (nSPS) is 27.0. The number of esters is 1. The summed E-state index contributed by atoms with van der Waals surface area (Å²) < 4.78 is 71.8. The van der Waals surface area contributed by atoms with Crippen molar-refractivity contribution in [3.63, 3.8) is 0 Å². The largest absolute Gasteiger partial charge is 0.496 e. The molecule has 0 saturated heterocycles. The minimum atomic E-state index is -4.49. The SMILES string of the molecule is COc1cc(F)c(OC2CCC(C(=O)OC(C)(C)C)CC2)cc1C(=O)NC1C2CCC(C2)C1C(=O)NCC(C)(C)C(F)(F)F. The zero-order valence-electron chi connectivity index (χ0n) is 26.2. The number of fused-ring (bicyclic) bond motifs is 2. The van der Waals surface area contributed by atoms with Crippen molar-refractivity contribution in [1.82, 2.24) is 10.6 Å². The van der Waals surface area contributed by atoms with Gasteiger partial charge in [-0.05, 0) is 97.5 Å². The van der Waals surface area contributed by atoms with Crippen LogP contribution in [0.1, 0.15) is 89.9 Å². The van der Waals surface area contributed by atoms with Gasteiger partial charge in [0.15, 0.2) is 11.6 Å². The van der Waals surface area contributed by atoms with Crippen LogP contribution in [0.4, 0.5) is 17.6 Å². The van der Waals surface area contributed by atoms with E-state index in [1.807, 2.05) is 20.8 Å². The van der Waals surface area contributed by atoms with Gasteiger partial charge in [0.1, 0.15) is 11.4 Å². The number of benzene rings is 1. The molecule has 3 saturated carbocycles. The van der Waals surface area contributed by atoms with Crippen LogP contribution >= 0.6 is 0 Å². The van der Waals surface area contributed by atoms with Gasteiger partial charge in [0.05, 0.1) is 36.0 Å². The second-order valence-electron chi connectivity index (χ2n) is 14.1. The summed E-state index contributed by atoms with van der Waals surface area (Å²) in [6.07, 6.45) is -0.566. The smallest absolute Gasteiger partial charge is 0.395 e. The van der Waals surface area contributed by atoms with Crippen LogP contribution in [-0.4, -0.2) is 55.4 Å². The van der Waals surface area contributed by atoms with Crippen LogP contribution in [0.3, 0.4) is 0 Å². The molecule has 2 amide bonds. The summed E-state index contributed by atoms with van der Waals surface area (Å²) in [5, 5.41) is 5.39. The van der Waals surface area contributed by atoms with E-state index in [9.17, 15) is 27.6 Å². The average Bonchev–Trinajstić information content (AvgIpc) is 3.53. The zero-order chi connectivity index (χ0) is 32.6. The summed E-state index contributed by atoms with van der Waals surface area (Å²) in [6.45, 7) is 6.92. The standard InChI is InChI=1S/C32H44F4N2O6/c1-30(2,3)44-29(41)17-9-11-20(12-10-17)43-24-14-21(23(42-6)15-22(24)33)27(39)38-26-19-8-7-18(13-19)25(26)28(40)37-16-31(4,5)32(34,35)36/h14-15,17-20,25-26H,7-13,16H2,1-6H3,(H,37,40)(H,38,39). The Morgan fingerprint density at radius 2 is 1.55 bits per heavy atom. The Bertz CT molecular complexity index is 1240. The van der Waals surface area contributed by atoms with Gasteiger partial charge in [0.2, 0.25) is 5.91 Å². The molecule has 1 aromatic rings. The number of alkyl halides is 3. The van der Waals surface area contributed by atoms with E-state index in [1.165, 1.54) is 13.2 Å². The molecule has 3 fully saturated rings. The second-order valence-corrected chi connectivity index (χ2v) is 14.1. The Labute approximate surface area is 255 Å². The van der Waals surface area contributed by atoms with Crippen LogP contribution in [0.5, 0.6) is 11.5 Å². The predicted molar refractivity (Wildman–Crippen MR) is 154 cm³/mol. The molecule has 3 aliphatic carbocycles. The van der Waals surface area contributed by atoms with Crippen LogP contribution in [0.2, 0.25) is 0 Å². The van der Waals surface area contributed by atoms with Crippen molar-refractivity contribution in [3.05, 3.63) is 23.5 Å². The Hall–Kier alpha value is -3.05. The molecule has 8 nitrogen and oxygen atoms in total. The van der Waals surface area contributed by atoms with Crippen molar-refractivity contribution in [2.24, 2.45) is 29.1 Å². The molecule has 4 rings (SSSR count). The molecule has 3 aliphatic rings. The van der Waals surface area contributed by atoms with E-state index in [1.54, 1.807) is 0 Å². The maximum absolute atomic E-state index is 15.0. The Balaban J connectivity index is 1.43. The van der Waals surface area contributed by atoms with Crippen molar-refractivity contribution in [3.8, 4) is 11.5 Å². The predicted octanol–water partition coefficient (Wildman–Crippen LogP) is 5.96. The van der Waals surface area contributed by atoms with Crippen molar-refractivity contribution in [1.29, 1.82) is 0 Å². The molecule has 0 heterocycles. The van der Waals surface area contributed by atoms with Crippen molar-refractivity contribution in [2.75, 3.05) is 13.7 Å². The molecule has 12 heteroatoms. The number of hydrogen-bond donors (Lipinski definition) is 2. The zero-order valence-corrected chi connectivity index (χ0v) is 26.2. The molecular formula is C32H44F4N2O6. The monoisotopic (exact) mass is 628 g/mol. The Kier molecular flexibility index (Phi) is 9.80. The van der Waals surface area contributed by atoms with Crippen molar-refractivity contribution in [2.45, 2.75) is 103 Å². The highest BCUT2D eigenvalue weighted by Crippen LogP contribution is 2.49. The summed E-state index contributed by atoms with van der Waals surface area (Å²) in [6, 6.07) is 1.76. The first kappa shape index (κ1) is 33.8. The first-order valence-corrected chi connectivity index (χ1v) is 15.3. The molecular weight excluding hydrogens is 584 g/mol. The van der Waals surface area contributed by atoms with Gasteiger partial charge in [-0.1, -0.05) is 0 Å². The van der Waals surface area contributed by atoms with Crippen LogP contribution in [0.25, 0.3) is 0 Å². The number of nitrogens with one attached hydrogen (secondary N) is 2. The fourth-order valence-electron chi connectivity index (χ4n) is 6.58. The molecule has 0 radical (unpaired) electrons. The van der Waals surface area contributed by atoms with Gasteiger partial charge in [0, 0.05) is 18.7 Å². The molecule has 2 N–H and O–H groups in total. The molecule has 44 heavy (non-hydrogen) atoms. The van der Waals surface area contributed by atoms with Crippen LogP contribution < -0.4 is 20.1 Å². The summed E-state index contributed by atoms with van der Waals surface area (Å²) in [4.78, 5) is 39.2. The lowest BCUT2D eigenvalue weighted by atomic mass is 9.83. The lowest BCUT2D eigenvalue weighted by molar-refractivity contribution is -0.209. The van der Waals surface area contributed by atoms with Crippen LogP contribution in [-0.2, 0) is 14.3 Å². The highest BCUT2D eigenvalue weighted by Gasteiger charge is 2.53. The molecule has 4 unspecified atom stereocenters. The molecule has 0 aliphatic heterocycles. The van der Waals surface area contributed by atoms with E-state index in [0.717, 1.165) is 32.8 Å². The summed E-state index contributed by atoms with van der Waals surface area (Å²) >= 11 is 0. The third-order valence-electron chi connectivity index (χ3n) is 9.20. The van der Waals surface area contributed by atoms with E-state index < -0.39 is 53.3 Å².